The van der Waals surface area contributed by atoms with E-state index in [1.54, 1.807) is 24.3 Å². The number of hydrogen-bond donors (Lipinski definition) is 2. The van der Waals surface area contributed by atoms with Gasteiger partial charge in [0, 0.05) is 12.6 Å². The molecule has 0 saturated heterocycles. The van der Waals surface area contributed by atoms with Crippen LogP contribution in [0.25, 0.3) is 0 Å². The van der Waals surface area contributed by atoms with Gasteiger partial charge in [-0.1, -0.05) is 24.3 Å². The predicted molar refractivity (Wildman–Crippen MR) is 76.9 cm³/mol. The van der Waals surface area contributed by atoms with Crippen molar-refractivity contribution in [3.05, 3.63) is 65.2 Å². The second-order valence-corrected chi connectivity index (χ2v) is 6.21. The molecule has 3 N–H and O–H groups in total. The fourth-order valence-electron chi connectivity index (χ4n) is 1.93. The van der Waals surface area contributed by atoms with Crippen LogP contribution in [0, 0.1) is 11.6 Å². The van der Waals surface area contributed by atoms with E-state index in [1.807, 2.05) is 0 Å². The molecule has 0 bridgehead atoms. The molecule has 0 aliphatic heterocycles. The minimum atomic E-state index is -3.79. The Balaban J connectivity index is 2.22. The Labute approximate surface area is 121 Å². The number of hydrogen-bond acceptors (Lipinski definition) is 3. The van der Waals surface area contributed by atoms with E-state index in [1.165, 1.54) is 0 Å². The van der Waals surface area contributed by atoms with Crippen LogP contribution in [-0.4, -0.2) is 8.42 Å². The summed E-state index contributed by atoms with van der Waals surface area (Å²) in [5, 5.41) is 0. The molecule has 2 aromatic carbocycles. The van der Waals surface area contributed by atoms with Crippen LogP contribution in [0.2, 0.25) is 0 Å². The van der Waals surface area contributed by atoms with Crippen LogP contribution < -0.4 is 10.5 Å². The van der Waals surface area contributed by atoms with E-state index in [0.29, 0.717) is 17.2 Å². The van der Waals surface area contributed by atoms with Gasteiger partial charge in [0.15, 0.2) is 0 Å². The van der Waals surface area contributed by atoms with Gasteiger partial charge in [0.1, 0.15) is 11.6 Å². The van der Waals surface area contributed by atoms with E-state index in [9.17, 15) is 17.2 Å². The van der Waals surface area contributed by atoms with Crippen LogP contribution in [0.5, 0.6) is 0 Å². The summed E-state index contributed by atoms with van der Waals surface area (Å²) in [5.74, 6) is -2.02. The number of nitrogens with one attached hydrogen (secondary N) is 1. The summed E-state index contributed by atoms with van der Waals surface area (Å²) in [6.45, 7) is 0.209. The monoisotopic (exact) mass is 312 g/mol. The number of benzene rings is 2. The fourth-order valence-corrected chi connectivity index (χ4v) is 3.17. The minimum Gasteiger partial charge on any atom is -0.326 e. The third-order valence-corrected chi connectivity index (χ3v) is 4.06. The first kappa shape index (κ1) is 15.4. The van der Waals surface area contributed by atoms with Crippen molar-refractivity contribution in [2.24, 2.45) is 5.73 Å². The maximum Gasteiger partial charge on any atom is 0.236 e. The third kappa shape index (κ3) is 4.24. The van der Waals surface area contributed by atoms with Gasteiger partial charge >= 0.3 is 0 Å². The highest BCUT2D eigenvalue weighted by atomic mass is 32.2. The van der Waals surface area contributed by atoms with Gasteiger partial charge in [0.25, 0.3) is 0 Å². The molecule has 0 saturated carbocycles. The molecule has 0 amide bonds. The minimum absolute atomic E-state index is 0.155. The molecule has 0 aliphatic carbocycles. The predicted octanol–water partition coefficient (Wildman–Crippen LogP) is 2.37. The molecule has 0 aromatic heterocycles. The number of halogens is 2. The van der Waals surface area contributed by atoms with Gasteiger partial charge in [0.05, 0.1) is 11.4 Å². The highest BCUT2D eigenvalue weighted by Crippen LogP contribution is 2.17. The lowest BCUT2D eigenvalue weighted by atomic mass is 10.1. The molecular weight excluding hydrogens is 298 g/mol. The summed E-state index contributed by atoms with van der Waals surface area (Å²) in [6.07, 6.45) is 0. The van der Waals surface area contributed by atoms with E-state index in [-0.39, 0.29) is 18.0 Å². The topological polar surface area (TPSA) is 72.2 Å². The average molecular weight is 312 g/mol. The molecule has 112 valence electrons. The summed E-state index contributed by atoms with van der Waals surface area (Å²) >= 11 is 0. The van der Waals surface area contributed by atoms with Crippen LogP contribution in [0.15, 0.2) is 42.5 Å². The quantitative estimate of drug-likeness (QED) is 0.890. The van der Waals surface area contributed by atoms with Gasteiger partial charge in [0.2, 0.25) is 10.0 Å². The summed E-state index contributed by atoms with van der Waals surface area (Å²) in [4.78, 5) is 0. The summed E-state index contributed by atoms with van der Waals surface area (Å²) < 4.78 is 52.4. The van der Waals surface area contributed by atoms with Crippen molar-refractivity contribution in [3.8, 4) is 0 Å². The van der Waals surface area contributed by atoms with Crippen molar-refractivity contribution in [2.45, 2.75) is 12.3 Å². The van der Waals surface area contributed by atoms with Crippen molar-refractivity contribution in [1.82, 2.24) is 0 Å². The second kappa shape index (κ2) is 6.19. The summed E-state index contributed by atoms with van der Waals surface area (Å²) in [7, 11) is -3.79. The number of rotatable bonds is 5. The van der Waals surface area contributed by atoms with E-state index < -0.39 is 21.7 Å². The Morgan fingerprint density at radius 2 is 1.57 bits per heavy atom. The molecule has 4 nitrogen and oxygen atoms in total. The summed E-state index contributed by atoms with van der Waals surface area (Å²) in [5.41, 5.74) is 6.64. The van der Waals surface area contributed by atoms with Crippen molar-refractivity contribution in [3.63, 3.8) is 0 Å². The third-order valence-electron chi connectivity index (χ3n) is 2.82. The molecule has 2 rings (SSSR count). The Morgan fingerprint density at radius 1 is 1.00 bits per heavy atom. The molecule has 7 heteroatoms. The highest BCUT2D eigenvalue weighted by Gasteiger charge is 2.15. The molecule has 21 heavy (non-hydrogen) atoms. The Hall–Kier alpha value is -1.99. The van der Waals surface area contributed by atoms with Crippen LogP contribution in [-0.2, 0) is 22.3 Å². The zero-order valence-corrected chi connectivity index (χ0v) is 11.8. The first-order valence-corrected chi connectivity index (χ1v) is 7.78. The van der Waals surface area contributed by atoms with Crippen LogP contribution in [0.1, 0.15) is 11.1 Å². The molecule has 0 fully saturated rings. The van der Waals surface area contributed by atoms with Crippen molar-refractivity contribution in [2.75, 3.05) is 4.72 Å². The number of sulfonamides is 1. The largest absolute Gasteiger partial charge is 0.326 e. The first-order chi connectivity index (χ1) is 9.89. The van der Waals surface area contributed by atoms with E-state index in [0.717, 1.165) is 12.1 Å². The van der Waals surface area contributed by atoms with Crippen molar-refractivity contribution in [1.29, 1.82) is 0 Å². The molecule has 0 unspecified atom stereocenters. The van der Waals surface area contributed by atoms with Crippen LogP contribution >= 0.6 is 0 Å². The second-order valence-electron chi connectivity index (χ2n) is 4.49. The fraction of sp³-hybridized carbons (Fsp3) is 0.143. The lowest BCUT2D eigenvalue weighted by molar-refractivity contribution is 0.584. The molecule has 2 aromatic rings. The smallest absolute Gasteiger partial charge is 0.236 e. The lowest BCUT2D eigenvalue weighted by Crippen LogP contribution is -2.17. The first-order valence-electron chi connectivity index (χ1n) is 6.13. The van der Waals surface area contributed by atoms with Gasteiger partial charge in [-0.15, -0.1) is 0 Å². The van der Waals surface area contributed by atoms with Crippen molar-refractivity contribution < 1.29 is 17.2 Å². The molecule has 0 spiro atoms. The van der Waals surface area contributed by atoms with E-state index in [2.05, 4.69) is 4.72 Å². The van der Waals surface area contributed by atoms with Crippen LogP contribution in [0.4, 0.5) is 14.5 Å². The lowest BCUT2D eigenvalue weighted by Gasteiger charge is -2.11. The van der Waals surface area contributed by atoms with Gasteiger partial charge < -0.3 is 5.73 Å². The Morgan fingerprint density at radius 3 is 2.14 bits per heavy atom. The Kier molecular flexibility index (Phi) is 4.54. The van der Waals surface area contributed by atoms with Gasteiger partial charge in [-0.2, -0.15) is 0 Å². The number of anilines is 1. The molecule has 0 atom stereocenters. The maximum absolute atomic E-state index is 13.1. The summed E-state index contributed by atoms with van der Waals surface area (Å²) in [6, 6.07) is 9.33. The van der Waals surface area contributed by atoms with Gasteiger partial charge in [-0.25, -0.2) is 17.2 Å². The van der Waals surface area contributed by atoms with Crippen LogP contribution in [0.3, 0.4) is 0 Å². The van der Waals surface area contributed by atoms with Gasteiger partial charge in [-0.05, 0) is 23.3 Å². The molecule has 0 heterocycles. The average Bonchev–Trinajstić information content (AvgIpc) is 2.36. The Bertz CT molecular complexity index is 728. The molecule has 0 aliphatic rings. The highest BCUT2D eigenvalue weighted by molar-refractivity contribution is 7.91. The SMILES string of the molecule is NCc1ccccc1CS(=O)(=O)Nc1cc(F)cc(F)c1. The van der Waals surface area contributed by atoms with E-state index in [4.69, 9.17) is 5.73 Å². The maximum atomic E-state index is 13.1. The number of nitrogens with two attached hydrogens (primary N) is 1. The molecular formula is C14H14F2N2O2S. The standard InChI is InChI=1S/C14H14F2N2O2S/c15-12-5-13(16)7-14(6-12)18-21(19,20)9-11-4-2-1-3-10(11)8-17/h1-7,18H,8-9,17H2. The van der Waals surface area contributed by atoms with Gasteiger partial charge in [-0.3, -0.25) is 4.72 Å². The molecule has 0 radical (unpaired) electrons. The zero-order chi connectivity index (χ0) is 15.5. The van der Waals surface area contributed by atoms with E-state index >= 15 is 0 Å². The van der Waals surface area contributed by atoms with Crippen molar-refractivity contribution >= 4 is 15.7 Å². The zero-order valence-electron chi connectivity index (χ0n) is 11.0. The normalized spacial score (nSPS) is 11.4.